The van der Waals surface area contributed by atoms with Crippen molar-refractivity contribution in [2.24, 2.45) is 5.73 Å². The molecule has 2 unspecified atom stereocenters. The first-order valence-corrected chi connectivity index (χ1v) is 9.59. The van der Waals surface area contributed by atoms with Crippen molar-refractivity contribution < 1.29 is 0 Å². The average Bonchev–Trinajstić information content (AvgIpc) is 3.15. The van der Waals surface area contributed by atoms with Gasteiger partial charge < -0.3 is 16.0 Å². The Hall–Kier alpha value is -1.72. The van der Waals surface area contributed by atoms with Crippen LogP contribution in [0.5, 0.6) is 0 Å². The Morgan fingerprint density at radius 1 is 1.16 bits per heavy atom. The van der Waals surface area contributed by atoms with Crippen molar-refractivity contribution in [3.63, 3.8) is 0 Å². The first kappa shape index (κ1) is 19.6. The van der Waals surface area contributed by atoms with Gasteiger partial charge in [-0.25, -0.2) is 4.98 Å². The third-order valence-corrected chi connectivity index (χ3v) is 4.84. The van der Waals surface area contributed by atoms with Gasteiger partial charge >= 0.3 is 0 Å². The number of nitrogens with zero attached hydrogens (tertiary/aromatic N) is 2. The Bertz CT molecular complexity index is 582. The zero-order valence-electron chi connectivity index (χ0n) is 15.7. The standard InChI is InChI=1S/C20H33N5/c1-3-4-5-9-17(20-23-13-14-24-20)18(10-6-11-21)25-15-19-16(2)8-7-12-22-19/h7-8,12-14,17-18,25H,3-6,9-11,15,21H2,1-2H3,(H,23,24). The molecule has 0 aliphatic heterocycles. The first-order chi connectivity index (χ1) is 12.3. The van der Waals surface area contributed by atoms with E-state index in [2.05, 4.69) is 40.2 Å². The maximum Gasteiger partial charge on any atom is 0.110 e. The fourth-order valence-corrected chi connectivity index (χ4v) is 3.34. The molecule has 2 aromatic heterocycles. The summed E-state index contributed by atoms with van der Waals surface area (Å²) in [4.78, 5) is 12.4. The fourth-order valence-electron chi connectivity index (χ4n) is 3.34. The van der Waals surface area contributed by atoms with Gasteiger partial charge in [0.2, 0.25) is 0 Å². The third kappa shape index (κ3) is 6.25. The zero-order valence-corrected chi connectivity index (χ0v) is 15.7. The number of aryl methyl sites for hydroxylation is 1. The lowest BCUT2D eigenvalue weighted by atomic mass is 9.89. The molecule has 2 atom stereocenters. The van der Waals surface area contributed by atoms with Crippen molar-refractivity contribution in [3.05, 3.63) is 47.8 Å². The molecule has 0 spiro atoms. The molecule has 0 bridgehead atoms. The van der Waals surface area contributed by atoms with Crippen molar-refractivity contribution in [2.75, 3.05) is 6.54 Å². The van der Waals surface area contributed by atoms with Crippen molar-refractivity contribution in [1.82, 2.24) is 20.3 Å². The molecule has 2 rings (SSSR count). The Kier molecular flexibility index (Phi) is 8.63. The monoisotopic (exact) mass is 343 g/mol. The molecule has 4 N–H and O–H groups in total. The number of nitrogens with one attached hydrogen (secondary N) is 2. The van der Waals surface area contributed by atoms with E-state index in [0.29, 0.717) is 12.0 Å². The number of hydrogen-bond acceptors (Lipinski definition) is 4. The van der Waals surface area contributed by atoms with Gasteiger partial charge in [-0.3, -0.25) is 4.98 Å². The van der Waals surface area contributed by atoms with Crippen LogP contribution in [0.3, 0.4) is 0 Å². The van der Waals surface area contributed by atoms with Crippen LogP contribution in [0.4, 0.5) is 0 Å². The molecule has 0 amide bonds. The highest BCUT2D eigenvalue weighted by Crippen LogP contribution is 2.26. The van der Waals surface area contributed by atoms with E-state index in [9.17, 15) is 0 Å². The minimum Gasteiger partial charge on any atom is -0.348 e. The van der Waals surface area contributed by atoms with Gasteiger partial charge in [0.1, 0.15) is 5.82 Å². The minimum absolute atomic E-state index is 0.355. The van der Waals surface area contributed by atoms with Crippen LogP contribution in [0.1, 0.15) is 68.4 Å². The normalized spacial score (nSPS) is 13.7. The van der Waals surface area contributed by atoms with E-state index < -0.39 is 0 Å². The average molecular weight is 344 g/mol. The maximum atomic E-state index is 5.79. The molecule has 25 heavy (non-hydrogen) atoms. The van der Waals surface area contributed by atoms with E-state index in [4.69, 9.17) is 5.73 Å². The highest BCUT2D eigenvalue weighted by Gasteiger charge is 2.24. The number of hydrogen-bond donors (Lipinski definition) is 3. The summed E-state index contributed by atoms with van der Waals surface area (Å²) in [6.45, 7) is 5.87. The largest absolute Gasteiger partial charge is 0.348 e. The van der Waals surface area contributed by atoms with E-state index in [-0.39, 0.29) is 0 Å². The van der Waals surface area contributed by atoms with E-state index >= 15 is 0 Å². The van der Waals surface area contributed by atoms with Crippen LogP contribution in [0.2, 0.25) is 0 Å². The molecule has 0 aromatic carbocycles. The van der Waals surface area contributed by atoms with Gasteiger partial charge in [0.05, 0.1) is 5.69 Å². The molecule has 0 radical (unpaired) electrons. The maximum absolute atomic E-state index is 5.79. The number of nitrogens with two attached hydrogens (primary N) is 1. The van der Waals surface area contributed by atoms with Crippen LogP contribution >= 0.6 is 0 Å². The van der Waals surface area contributed by atoms with Crippen LogP contribution < -0.4 is 11.1 Å². The van der Waals surface area contributed by atoms with Crippen LogP contribution in [-0.2, 0) is 6.54 Å². The molecule has 5 nitrogen and oxygen atoms in total. The van der Waals surface area contributed by atoms with Gasteiger partial charge in [-0.15, -0.1) is 0 Å². The molecule has 2 heterocycles. The molecule has 0 fully saturated rings. The predicted molar refractivity (Wildman–Crippen MR) is 103 cm³/mol. The third-order valence-electron chi connectivity index (χ3n) is 4.84. The topological polar surface area (TPSA) is 79.6 Å². The molecule has 0 saturated heterocycles. The lowest BCUT2D eigenvalue weighted by molar-refractivity contribution is 0.363. The zero-order chi connectivity index (χ0) is 17.9. The van der Waals surface area contributed by atoms with Gasteiger partial charge in [0.15, 0.2) is 0 Å². The van der Waals surface area contributed by atoms with Crippen LogP contribution in [0.15, 0.2) is 30.7 Å². The number of pyridine rings is 1. The summed E-state index contributed by atoms with van der Waals surface area (Å²) in [6.07, 6.45) is 12.6. The summed E-state index contributed by atoms with van der Waals surface area (Å²) >= 11 is 0. The molecule has 2 aromatic rings. The highest BCUT2D eigenvalue weighted by molar-refractivity contribution is 5.17. The Morgan fingerprint density at radius 2 is 2.04 bits per heavy atom. The van der Waals surface area contributed by atoms with Gasteiger partial charge in [-0.1, -0.05) is 32.3 Å². The second-order valence-corrected chi connectivity index (χ2v) is 6.76. The molecular formula is C20H33N5. The van der Waals surface area contributed by atoms with Gasteiger partial charge in [-0.05, 0) is 44.4 Å². The number of H-pyrrole nitrogens is 1. The second kappa shape index (κ2) is 11.0. The van der Waals surface area contributed by atoms with Crippen LogP contribution in [-0.4, -0.2) is 27.5 Å². The van der Waals surface area contributed by atoms with Gasteiger partial charge in [0, 0.05) is 37.1 Å². The molecule has 0 aliphatic rings. The molecule has 5 heteroatoms. The van der Waals surface area contributed by atoms with E-state index in [1.807, 2.05) is 24.7 Å². The lowest BCUT2D eigenvalue weighted by Crippen LogP contribution is -2.36. The molecule has 0 aliphatic carbocycles. The van der Waals surface area contributed by atoms with E-state index in [1.54, 1.807) is 0 Å². The van der Waals surface area contributed by atoms with E-state index in [0.717, 1.165) is 43.9 Å². The van der Waals surface area contributed by atoms with Crippen LogP contribution in [0, 0.1) is 6.92 Å². The molecular weight excluding hydrogens is 310 g/mol. The van der Waals surface area contributed by atoms with Crippen molar-refractivity contribution in [1.29, 1.82) is 0 Å². The van der Waals surface area contributed by atoms with Crippen LogP contribution in [0.25, 0.3) is 0 Å². The number of imidazole rings is 1. The number of unbranched alkanes of at least 4 members (excludes halogenated alkanes) is 2. The van der Waals surface area contributed by atoms with Crippen molar-refractivity contribution in [2.45, 2.75) is 70.9 Å². The summed E-state index contributed by atoms with van der Waals surface area (Å²) in [6, 6.07) is 4.46. The summed E-state index contributed by atoms with van der Waals surface area (Å²) in [5, 5.41) is 3.75. The second-order valence-electron chi connectivity index (χ2n) is 6.76. The SMILES string of the molecule is CCCCCC(c1ncc[nH]1)C(CCCN)NCc1ncccc1C. The van der Waals surface area contributed by atoms with E-state index in [1.165, 1.54) is 24.8 Å². The first-order valence-electron chi connectivity index (χ1n) is 9.59. The lowest BCUT2D eigenvalue weighted by Gasteiger charge is -2.27. The number of aromatic nitrogens is 3. The Morgan fingerprint density at radius 3 is 2.72 bits per heavy atom. The van der Waals surface area contributed by atoms with Crippen molar-refractivity contribution >= 4 is 0 Å². The van der Waals surface area contributed by atoms with Crippen molar-refractivity contribution in [3.8, 4) is 0 Å². The quantitative estimate of drug-likeness (QED) is 0.514. The molecule has 138 valence electrons. The summed E-state index contributed by atoms with van der Waals surface area (Å²) < 4.78 is 0. The summed E-state index contributed by atoms with van der Waals surface area (Å²) in [7, 11) is 0. The smallest absolute Gasteiger partial charge is 0.110 e. The summed E-state index contributed by atoms with van der Waals surface area (Å²) in [5.74, 6) is 1.47. The number of aromatic amines is 1. The predicted octanol–water partition coefficient (Wildman–Crippen LogP) is 3.67. The van der Waals surface area contributed by atoms with Gasteiger partial charge in [0.25, 0.3) is 0 Å². The van der Waals surface area contributed by atoms with Gasteiger partial charge in [-0.2, -0.15) is 0 Å². The summed E-state index contributed by atoms with van der Waals surface area (Å²) in [5.41, 5.74) is 8.13. The fraction of sp³-hybridized carbons (Fsp3) is 0.600. The number of rotatable bonds is 12. The highest BCUT2D eigenvalue weighted by atomic mass is 15.0. The molecule has 0 saturated carbocycles. The minimum atomic E-state index is 0.355. The Balaban J connectivity index is 2.09. The Labute approximate surface area is 151 Å².